The molecule has 0 heterocycles. The minimum atomic E-state index is -0.830. The lowest BCUT2D eigenvalue weighted by Gasteiger charge is -2.22. The molecule has 1 aromatic rings. The molecule has 1 rings (SSSR count). The van der Waals surface area contributed by atoms with Crippen LogP contribution in [0.25, 0.3) is 0 Å². The Balaban J connectivity index is 2.51. The van der Waals surface area contributed by atoms with Gasteiger partial charge in [-0.25, -0.2) is 0 Å². The molecule has 0 aromatic heterocycles. The van der Waals surface area contributed by atoms with Crippen LogP contribution in [0.15, 0.2) is 24.3 Å². The fourth-order valence-electron chi connectivity index (χ4n) is 1.32. The molecule has 1 N–H and O–H groups in total. The zero-order chi connectivity index (χ0) is 12.8. The molecule has 0 bridgehead atoms. The largest absolute Gasteiger partial charge is 0.492 e. The van der Waals surface area contributed by atoms with E-state index in [4.69, 9.17) is 21.4 Å². The number of halogens is 1. The second kappa shape index (κ2) is 6.47. The zero-order valence-corrected chi connectivity index (χ0v) is 10.6. The lowest BCUT2D eigenvalue weighted by atomic mass is 10.2. The van der Waals surface area contributed by atoms with Gasteiger partial charge in [-0.05, 0) is 38.4 Å². The van der Waals surface area contributed by atoms with Crippen LogP contribution in [0.5, 0.6) is 5.75 Å². The van der Waals surface area contributed by atoms with E-state index in [0.29, 0.717) is 17.4 Å². The van der Waals surface area contributed by atoms with E-state index in [-0.39, 0.29) is 12.5 Å². The maximum atomic E-state index is 10.7. The molecule has 1 unspecified atom stereocenters. The van der Waals surface area contributed by atoms with Gasteiger partial charge in [0.05, 0.1) is 12.5 Å². The van der Waals surface area contributed by atoms with Crippen molar-refractivity contribution in [3.63, 3.8) is 0 Å². The first-order valence-corrected chi connectivity index (χ1v) is 5.63. The van der Waals surface area contributed by atoms with Gasteiger partial charge in [-0.3, -0.25) is 4.79 Å². The molecular formula is C12H16ClNO3. The van der Waals surface area contributed by atoms with Crippen LogP contribution in [0.1, 0.15) is 6.42 Å². The van der Waals surface area contributed by atoms with Crippen molar-refractivity contribution in [2.75, 3.05) is 20.7 Å². The molecule has 0 saturated heterocycles. The van der Waals surface area contributed by atoms with E-state index in [1.165, 1.54) is 0 Å². The van der Waals surface area contributed by atoms with E-state index in [9.17, 15) is 4.79 Å². The van der Waals surface area contributed by atoms with Gasteiger partial charge in [0.1, 0.15) is 12.4 Å². The second-order valence-electron chi connectivity index (χ2n) is 3.98. The molecular weight excluding hydrogens is 242 g/mol. The van der Waals surface area contributed by atoms with Crippen LogP contribution < -0.4 is 4.74 Å². The summed E-state index contributed by atoms with van der Waals surface area (Å²) in [6.07, 6.45) is 0.0561. The highest BCUT2D eigenvalue weighted by Gasteiger charge is 2.16. The molecule has 94 valence electrons. The molecule has 0 spiro atoms. The van der Waals surface area contributed by atoms with Gasteiger partial charge in [0.15, 0.2) is 0 Å². The summed E-state index contributed by atoms with van der Waals surface area (Å²) in [6, 6.07) is 6.84. The summed E-state index contributed by atoms with van der Waals surface area (Å²) in [4.78, 5) is 12.5. The summed E-state index contributed by atoms with van der Waals surface area (Å²) in [5.41, 5.74) is 0. The Morgan fingerprint density at radius 3 is 2.47 bits per heavy atom. The van der Waals surface area contributed by atoms with E-state index in [1.807, 2.05) is 19.0 Å². The number of carboxylic acids is 1. The monoisotopic (exact) mass is 257 g/mol. The van der Waals surface area contributed by atoms with E-state index >= 15 is 0 Å². The van der Waals surface area contributed by atoms with Crippen molar-refractivity contribution >= 4 is 17.6 Å². The molecule has 0 amide bonds. The van der Waals surface area contributed by atoms with Crippen LogP contribution in [0, 0.1) is 0 Å². The van der Waals surface area contributed by atoms with Crippen molar-refractivity contribution in [3.05, 3.63) is 29.3 Å². The number of nitrogens with zero attached hydrogens (tertiary/aromatic N) is 1. The quantitative estimate of drug-likeness (QED) is 0.848. The molecule has 0 aliphatic carbocycles. The van der Waals surface area contributed by atoms with E-state index < -0.39 is 5.97 Å². The van der Waals surface area contributed by atoms with Crippen molar-refractivity contribution in [3.8, 4) is 5.75 Å². The van der Waals surface area contributed by atoms with Crippen LogP contribution in [-0.2, 0) is 4.79 Å². The molecule has 5 heteroatoms. The average molecular weight is 258 g/mol. The third kappa shape index (κ3) is 5.06. The van der Waals surface area contributed by atoms with Gasteiger partial charge in [0.25, 0.3) is 0 Å². The summed E-state index contributed by atoms with van der Waals surface area (Å²) in [5.74, 6) is -0.143. The minimum Gasteiger partial charge on any atom is -0.492 e. The first kappa shape index (κ1) is 13.8. The van der Waals surface area contributed by atoms with Crippen LogP contribution in [0.2, 0.25) is 5.02 Å². The Hall–Kier alpha value is -1.26. The maximum absolute atomic E-state index is 10.7. The Bertz CT molecular complexity index is 365. The molecule has 0 fully saturated rings. The van der Waals surface area contributed by atoms with Gasteiger partial charge in [-0.1, -0.05) is 11.6 Å². The summed E-state index contributed by atoms with van der Waals surface area (Å²) >= 11 is 5.75. The van der Waals surface area contributed by atoms with Crippen LogP contribution in [0.4, 0.5) is 0 Å². The highest BCUT2D eigenvalue weighted by Crippen LogP contribution is 2.16. The standard InChI is InChI=1S/C12H16ClNO3/c1-14(2)10(7-12(15)16)8-17-11-5-3-9(13)4-6-11/h3-6,10H,7-8H2,1-2H3,(H,15,16). The molecule has 17 heavy (non-hydrogen) atoms. The third-order valence-corrected chi connectivity index (χ3v) is 2.65. The zero-order valence-electron chi connectivity index (χ0n) is 9.89. The van der Waals surface area contributed by atoms with E-state index in [1.54, 1.807) is 24.3 Å². The summed E-state index contributed by atoms with van der Waals surface area (Å²) in [5, 5.41) is 9.41. The molecule has 0 radical (unpaired) electrons. The van der Waals surface area contributed by atoms with Crippen LogP contribution >= 0.6 is 11.6 Å². The first-order chi connectivity index (χ1) is 7.99. The van der Waals surface area contributed by atoms with Gasteiger partial charge in [0.2, 0.25) is 0 Å². The molecule has 1 aromatic carbocycles. The Morgan fingerprint density at radius 1 is 1.41 bits per heavy atom. The normalized spacial score (nSPS) is 12.5. The highest BCUT2D eigenvalue weighted by atomic mass is 35.5. The maximum Gasteiger partial charge on any atom is 0.305 e. The number of aliphatic carboxylic acids is 1. The Morgan fingerprint density at radius 2 is 2.00 bits per heavy atom. The van der Waals surface area contributed by atoms with Gasteiger partial charge in [-0.2, -0.15) is 0 Å². The number of hydrogen-bond acceptors (Lipinski definition) is 3. The molecule has 0 saturated carbocycles. The Kier molecular flexibility index (Phi) is 5.25. The second-order valence-corrected chi connectivity index (χ2v) is 4.42. The lowest BCUT2D eigenvalue weighted by molar-refractivity contribution is -0.138. The smallest absolute Gasteiger partial charge is 0.305 e. The van der Waals surface area contributed by atoms with Crippen LogP contribution in [0.3, 0.4) is 0 Å². The summed E-state index contributed by atoms with van der Waals surface area (Å²) in [7, 11) is 3.66. The molecule has 1 atom stereocenters. The van der Waals surface area contributed by atoms with E-state index in [0.717, 1.165) is 0 Å². The van der Waals surface area contributed by atoms with Crippen LogP contribution in [-0.4, -0.2) is 42.7 Å². The number of carboxylic acid groups (broad SMARTS) is 1. The number of benzene rings is 1. The number of ether oxygens (including phenoxy) is 1. The fraction of sp³-hybridized carbons (Fsp3) is 0.417. The van der Waals surface area contributed by atoms with Crippen molar-refractivity contribution in [2.45, 2.75) is 12.5 Å². The molecule has 4 nitrogen and oxygen atoms in total. The lowest BCUT2D eigenvalue weighted by Crippen LogP contribution is -2.35. The first-order valence-electron chi connectivity index (χ1n) is 5.25. The van der Waals surface area contributed by atoms with Gasteiger partial charge in [0, 0.05) is 5.02 Å². The number of likely N-dealkylation sites (N-methyl/N-ethyl adjacent to an activating group) is 1. The highest BCUT2D eigenvalue weighted by molar-refractivity contribution is 6.30. The SMILES string of the molecule is CN(C)C(COc1ccc(Cl)cc1)CC(=O)O. The average Bonchev–Trinajstić information content (AvgIpc) is 2.25. The number of rotatable bonds is 6. The molecule has 0 aliphatic rings. The fourth-order valence-corrected chi connectivity index (χ4v) is 1.44. The summed E-state index contributed by atoms with van der Waals surface area (Å²) < 4.78 is 5.52. The van der Waals surface area contributed by atoms with Crippen molar-refractivity contribution < 1.29 is 14.6 Å². The summed E-state index contributed by atoms with van der Waals surface area (Å²) in [6.45, 7) is 0.334. The van der Waals surface area contributed by atoms with Crippen molar-refractivity contribution in [1.29, 1.82) is 0 Å². The molecule has 0 aliphatic heterocycles. The minimum absolute atomic E-state index is 0.0561. The van der Waals surface area contributed by atoms with Crippen molar-refractivity contribution in [2.24, 2.45) is 0 Å². The van der Waals surface area contributed by atoms with Gasteiger partial charge < -0.3 is 14.7 Å². The van der Waals surface area contributed by atoms with Gasteiger partial charge in [-0.15, -0.1) is 0 Å². The van der Waals surface area contributed by atoms with E-state index in [2.05, 4.69) is 0 Å². The Labute approximate surface area is 106 Å². The van der Waals surface area contributed by atoms with Crippen molar-refractivity contribution in [1.82, 2.24) is 4.90 Å². The number of carbonyl (C=O) groups is 1. The predicted octanol–water partition coefficient (Wildman–Crippen LogP) is 2.12. The number of hydrogen-bond donors (Lipinski definition) is 1. The van der Waals surface area contributed by atoms with Gasteiger partial charge >= 0.3 is 5.97 Å². The predicted molar refractivity (Wildman–Crippen MR) is 66.7 cm³/mol. The topological polar surface area (TPSA) is 49.8 Å². The third-order valence-electron chi connectivity index (χ3n) is 2.40.